The summed E-state index contributed by atoms with van der Waals surface area (Å²) in [5.41, 5.74) is -0.299. The number of hydrogen-bond donors (Lipinski definition) is 2. The number of aromatic carboxylic acids is 1. The van der Waals surface area contributed by atoms with Gasteiger partial charge in [-0.1, -0.05) is 0 Å². The van der Waals surface area contributed by atoms with E-state index in [9.17, 15) is 9.18 Å². The van der Waals surface area contributed by atoms with Gasteiger partial charge in [-0.25, -0.2) is 9.18 Å². The van der Waals surface area contributed by atoms with Crippen LogP contribution in [0.3, 0.4) is 0 Å². The molecule has 1 rings (SSSR count). The molecule has 1 aromatic carbocycles. The Balaban J connectivity index is 2.61. The van der Waals surface area contributed by atoms with E-state index in [0.29, 0.717) is 0 Å². The molecular weight excluding hydrogens is 231 g/mol. The Morgan fingerprint density at radius 1 is 1.38 bits per heavy atom. The standard InChI is InChI=1S/C11H13FO3S/c12-10-4-3-8(7-9(10)11(14)15)16-6-2-1-5-13/h3-4,7,13H,1-2,5-6H2,(H,14,15). The Labute approximate surface area is 97.3 Å². The van der Waals surface area contributed by atoms with Crippen molar-refractivity contribution in [1.29, 1.82) is 0 Å². The van der Waals surface area contributed by atoms with Gasteiger partial charge in [0.15, 0.2) is 0 Å². The summed E-state index contributed by atoms with van der Waals surface area (Å²) in [6.45, 7) is 0.157. The quantitative estimate of drug-likeness (QED) is 0.596. The van der Waals surface area contributed by atoms with Gasteiger partial charge in [0, 0.05) is 11.5 Å². The smallest absolute Gasteiger partial charge is 0.338 e. The number of aliphatic hydroxyl groups is 1. The van der Waals surface area contributed by atoms with Gasteiger partial charge in [-0.2, -0.15) is 0 Å². The van der Waals surface area contributed by atoms with Crippen LogP contribution in [0.25, 0.3) is 0 Å². The van der Waals surface area contributed by atoms with E-state index in [0.717, 1.165) is 29.6 Å². The van der Waals surface area contributed by atoms with Crippen LogP contribution in [-0.2, 0) is 0 Å². The number of halogens is 1. The number of benzene rings is 1. The SMILES string of the molecule is O=C(O)c1cc(SCCCCO)ccc1F. The second-order valence-electron chi connectivity index (χ2n) is 3.23. The molecule has 0 bridgehead atoms. The van der Waals surface area contributed by atoms with Crippen LogP contribution in [-0.4, -0.2) is 28.5 Å². The number of hydrogen-bond acceptors (Lipinski definition) is 3. The third-order valence-electron chi connectivity index (χ3n) is 1.99. The maximum atomic E-state index is 13.0. The molecule has 0 aliphatic carbocycles. The maximum Gasteiger partial charge on any atom is 0.338 e. The minimum atomic E-state index is -1.25. The molecule has 0 spiro atoms. The first kappa shape index (κ1) is 13.0. The van der Waals surface area contributed by atoms with Gasteiger partial charge in [-0.05, 0) is 36.8 Å². The van der Waals surface area contributed by atoms with Crippen molar-refractivity contribution in [3.63, 3.8) is 0 Å². The molecule has 2 N–H and O–H groups in total. The summed E-state index contributed by atoms with van der Waals surface area (Å²) in [5, 5.41) is 17.3. The first-order chi connectivity index (χ1) is 7.65. The molecule has 0 saturated heterocycles. The third kappa shape index (κ3) is 3.83. The van der Waals surface area contributed by atoms with E-state index in [1.165, 1.54) is 17.8 Å². The number of thioether (sulfide) groups is 1. The van der Waals surface area contributed by atoms with Gasteiger partial charge < -0.3 is 10.2 Å². The second kappa shape index (κ2) is 6.50. The van der Waals surface area contributed by atoms with Crippen molar-refractivity contribution in [2.75, 3.05) is 12.4 Å². The van der Waals surface area contributed by atoms with Crippen LogP contribution in [0, 0.1) is 5.82 Å². The zero-order valence-electron chi connectivity index (χ0n) is 8.65. The van der Waals surface area contributed by atoms with Gasteiger partial charge in [0.2, 0.25) is 0 Å². The van der Waals surface area contributed by atoms with Crippen LogP contribution < -0.4 is 0 Å². The van der Waals surface area contributed by atoms with Crippen LogP contribution in [0.1, 0.15) is 23.2 Å². The highest BCUT2D eigenvalue weighted by Gasteiger charge is 2.10. The number of unbranched alkanes of at least 4 members (excludes halogenated alkanes) is 1. The minimum absolute atomic E-state index is 0.157. The average Bonchev–Trinajstić information content (AvgIpc) is 2.26. The van der Waals surface area contributed by atoms with E-state index >= 15 is 0 Å². The van der Waals surface area contributed by atoms with Crippen LogP contribution in [0.15, 0.2) is 23.1 Å². The highest BCUT2D eigenvalue weighted by molar-refractivity contribution is 7.99. The molecule has 0 radical (unpaired) electrons. The van der Waals surface area contributed by atoms with Crippen LogP contribution in [0.5, 0.6) is 0 Å². The number of carbonyl (C=O) groups is 1. The van der Waals surface area contributed by atoms with Gasteiger partial charge in [0.1, 0.15) is 5.82 Å². The summed E-state index contributed by atoms with van der Waals surface area (Å²) >= 11 is 1.46. The van der Waals surface area contributed by atoms with E-state index < -0.39 is 11.8 Å². The zero-order chi connectivity index (χ0) is 12.0. The number of aliphatic hydroxyl groups excluding tert-OH is 1. The Bertz CT molecular complexity index is 368. The summed E-state index contributed by atoms with van der Waals surface area (Å²) in [4.78, 5) is 11.4. The van der Waals surface area contributed by atoms with Crippen molar-refractivity contribution in [2.24, 2.45) is 0 Å². The highest BCUT2D eigenvalue weighted by Crippen LogP contribution is 2.22. The van der Waals surface area contributed by atoms with Gasteiger partial charge in [-0.3, -0.25) is 0 Å². The normalized spacial score (nSPS) is 10.4. The van der Waals surface area contributed by atoms with E-state index in [1.807, 2.05) is 0 Å². The molecule has 0 unspecified atom stereocenters. The number of rotatable bonds is 6. The van der Waals surface area contributed by atoms with E-state index in [-0.39, 0.29) is 12.2 Å². The monoisotopic (exact) mass is 244 g/mol. The van der Waals surface area contributed by atoms with E-state index in [1.54, 1.807) is 6.07 Å². The molecule has 0 aliphatic heterocycles. The lowest BCUT2D eigenvalue weighted by Crippen LogP contribution is -2.00. The predicted molar refractivity (Wildman–Crippen MR) is 60.4 cm³/mol. The summed E-state index contributed by atoms with van der Waals surface area (Å²) in [7, 11) is 0. The Kier molecular flexibility index (Phi) is 5.28. The van der Waals surface area contributed by atoms with Gasteiger partial charge in [0.05, 0.1) is 5.56 Å². The molecule has 16 heavy (non-hydrogen) atoms. The lowest BCUT2D eigenvalue weighted by atomic mass is 10.2. The maximum absolute atomic E-state index is 13.0. The Hall–Kier alpha value is -1.07. The fraction of sp³-hybridized carbons (Fsp3) is 0.364. The van der Waals surface area contributed by atoms with Crippen molar-refractivity contribution >= 4 is 17.7 Å². The molecule has 0 heterocycles. The Morgan fingerprint density at radius 3 is 2.75 bits per heavy atom. The summed E-state index contributed by atoms with van der Waals surface area (Å²) in [5.74, 6) is -1.19. The number of carboxylic acid groups (broad SMARTS) is 1. The predicted octanol–water partition coefficient (Wildman–Crippen LogP) is 2.39. The van der Waals surface area contributed by atoms with E-state index in [4.69, 9.17) is 10.2 Å². The molecule has 88 valence electrons. The molecule has 0 aromatic heterocycles. The van der Waals surface area contributed by atoms with Gasteiger partial charge >= 0.3 is 5.97 Å². The lowest BCUT2D eigenvalue weighted by Gasteiger charge is -2.03. The lowest BCUT2D eigenvalue weighted by molar-refractivity contribution is 0.0691. The largest absolute Gasteiger partial charge is 0.478 e. The first-order valence-corrected chi connectivity index (χ1v) is 5.90. The summed E-state index contributed by atoms with van der Waals surface area (Å²) < 4.78 is 13.0. The summed E-state index contributed by atoms with van der Waals surface area (Å²) in [6.07, 6.45) is 1.57. The minimum Gasteiger partial charge on any atom is -0.478 e. The molecule has 0 fully saturated rings. The molecule has 5 heteroatoms. The fourth-order valence-corrected chi connectivity index (χ4v) is 2.11. The second-order valence-corrected chi connectivity index (χ2v) is 4.39. The van der Waals surface area contributed by atoms with Crippen molar-refractivity contribution in [3.05, 3.63) is 29.6 Å². The third-order valence-corrected chi connectivity index (χ3v) is 3.07. The number of carboxylic acids is 1. The van der Waals surface area contributed by atoms with E-state index in [2.05, 4.69) is 0 Å². The molecule has 0 amide bonds. The topological polar surface area (TPSA) is 57.5 Å². The molecule has 0 saturated carbocycles. The molecule has 1 aromatic rings. The first-order valence-electron chi connectivity index (χ1n) is 4.91. The van der Waals surface area contributed by atoms with Crippen molar-refractivity contribution in [2.45, 2.75) is 17.7 Å². The molecule has 0 atom stereocenters. The van der Waals surface area contributed by atoms with Crippen LogP contribution in [0.2, 0.25) is 0 Å². The van der Waals surface area contributed by atoms with Crippen molar-refractivity contribution in [3.8, 4) is 0 Å². The van der Waals surface area contributed by atoms with Crippen LogP contribution in [0.4, 0.5) is 4.39 Å². The van der Waals surface area contributed by atoms with Gasteiger partial charge in [0.25, 0.3) is 0 Å². The molecule has 3 nitrogen and oxygen atoms in total. The average molecular weight is 244 g/mol. The van der Waals surface area contributed by atoms with Gasteiger partial charge in [-0.15, -0.1) is 11.8 Å². The molecular formula is C11H13FO3S. The Morgan fingerprint density at radius 2 is 2.12 bits per heavy atom. The zero-order valence-corrected chi connectivity index (χ0v) is 9.47. The highest BCUT2D eigenvalue weighted by atomic mass is 32.2. The van der Waals surface area contributed by atoms with Crippen molar-refractivity contribution < 1.29 is 19.4 Å². The molecule has 0 aliphatic rings. The van der Waals surface area contributed by atoms with Crippen LogP contribution >= 0.6 is 11.8 Å². The summed E-state index contributed by atoms with van der Waals surface area (Å²) in [6, 6.07) is 4.06. The van der Waals surface area contributed by atoms with Crippen molar-refractivity contribution in [1.82, 2.24) is 0 Å². The fourth-order valence-electron chi connectivity index (χ4n) is 1.16.